The van der Waals surface area contributed by atoms with Crippen molar-refractivity contribution in [3.63, 3.8) is 0 Å². The summed E-state index contributed by atoms with van der Waals surface area (Å²) >= 11 is 0. The van der Waals surface area contributed by atoms with Gasteiger partial charge in [0.25, 0.3) is 0 Å². The predicted octanol–water partition coefficient (Wildman–Crippen LogP) is 5.32. The summed E-state index contributed by atoms with van der Waals surface area (Å²) < 4.78 is 37.3. The van der Waals surface area contributed by atoms with Gasteiger partial charge in [-0.3, -0.25) is 0 Å². The van der Waals surface area contributed by atoms with E-state index in [4.69, 9.17) is 28.4 Å². The van der Waals surface area contributed by atoms with E-state index in [0.29, 0.717) is 33.0 Å². The average molecular weight is 505 g/mol. The maximum atomic E-state index is 6.47. The van der Waals surface area contributed by atoms with Crippen LogP contribution in [0.3, 0.4) is 0 Å². The van der Waals surface area contributed by atoms with E-state index >= 15 is 0 Å². The Balaban J connectivity index is 1.52. The number of benzene rings is 3. The Labute approximate surface area is 219 Å². The van der Waals surface area contributed by atoms with Gasteiger partial charge < -0.3 is 28.4 Å². The number of hydrogen-bond acceptors (Lipinski definition) is 6. The molecule has 0 amide bonds. The lowest BCUT2D eigenvalue weighted by atomic mass is 9.98. The Morgan fingerprint density at radius 3 is 1.70 bits per heavy atom. The number of ether oxygens (including phenoxy) is 6. The molecule has 0 spiro atoms. The monoisotopic (exact) mass is 504 g/mol. The normalized spacial score (nSPS) is 23.5. The van der Waals surface area contributed by atoms with Crippen molar-refractivity contribution < 1.29 is 28.4 Å². The molecule has 1 saturated heterocycles. The first kappa shape index (κ1) is 27.2. The minimum Gasteiger partial charge on any atom is -0.374 e. The minimum atomic E-state index is -0.652. The first-order valence-corrected chi connectivity index (χ1v) is 12.6. The van der Waals surface area contributed by atoms with Gasteiger partial charge in [-0.1, -0.05) is 97.1 Å². The van der Waals surface area contributed by atoms with E-state index in [-0.39, 0.29) is 0 Å². The molecule has 1 fully saturated rings. The van der Waals surface area contributed by atoms with E-state index in [0.717, 1.165) is 16.7 Å². The Morgan fingerprint density at radius 2 is 1.19 bits per heavy atom. The third-order valence-corrected chi connectivity index (χ3v) is 6.19. The molecule has 196 valence electrons. The van der Waals surface area contributed by atoms with Crippen LogP contribution >= 0.6 is 0 Å². The topological polar surface area (TPSA) is 55.4 Å². The molecule has 5 atom stereocenters. The summed E-state index contributed by atoms with van der Waals surface area (Å²) in [5.41, 5.74) is 3.20. The lowest BCUT2D eigenvalue weighted by molar-refractivity contribution is -0.320. The summed E-state index contributed by atoms with van der Waals surface area (Å²) in [6, 6.07) is 30.1. The molecule has 3 aromatic carbocycles. The second-order valence-corrected chi connectivity index (χ2v) is 8.89. The highest BCUT2D eigenvalue weighted by Crippen LogP contribution is 2.30. The molecule has 6 nitrogen and oxygen atoms in total. The Kier molecular flexibility index (Phi) is 10.9. The summed E-state index contributed by atoms with van der Waals surface area (Å²) in [7, 11) is 1.61. The molecular formula is C31H36O6. The van der Waals surface area contributed by atoms with Crippen LogP contribution in [0.2, 0.25) is 0 Å². The summed E-state index contributed by atoms with van der Waals surface area (Å²) in [6.07, 6.45) is -0.793. The van der Waals surface area contributed by atoms with E-state index in [2.05, 4.69) is 6.58 Å². The Bertz CT molecular complexity index is 1030. The predicted molar refractivity (Wildman–Crippen MR) is 142 cm³/mol. The van der Waals surface area contributed by atoms with Gasteiger partial charge in [0.05, 0.1) is 33.0 Å². The summed E-state index contributed by atoms with van der Waals surface area (Å²) in [4.78, 5) is 0. The zero-order valence-electron chi connectivity index (χ0n) is 21.3. The van der Waals surface area contributed by atoms with Crippen molar-refractivity contribution in [3.8, 4) is 0 Å². The van der Waals surface area contributed by atoms with Crippen LogP contribution in [-0.4, -0.2) is 51.0 Å². The molecule has 1 aliphatic heterocycles. The molecule has 6 heteroatoms. The lowest BCUT2D eigenvalue weighted by Crippen LogP contribution is -2.61. The highest BCUT2D eigenvalue weighted by atomic mass is 16.7. The molecule has 0 aromatic heterocycles. The van der Waals surface area contributed by atoms with E-state index < -0.39 is 30.7 Å². The molecule has 0 aliphatic carbocycles. The highest BCUT2D eigenvalue weighted by Gasteiger charge is 2.48. The number of hydrogen-bond donors (Lipinski definition) is 0. The van der Waals surface area contributed by atoms with Gasteiger partial charge >= 0.3 is 0 Å². The van der Waals surface area contributed by atoms with Gasteiger partial charge in [-0.05, 0) is 16.7 Å². The van der Waals surface area contributed by atoms with Gasteiger partial charge in [-0.2, -0.15) is 0 Å². The Morgan fingerprint density at radius 1 is 0.676 bits per heavy atom. The molecule has 1 heterocycles. The molecule has 1 aliphatic rings. The van der Waals surface area contributed by atoms with Crippen molar-refractivity contribution in [1.82, 2.24) is 0 Å². The van der Waals surface area contributed by atoms with Crippen molar-refractivity contribution in [3.05, 3.63) is 120 Å². The van der Waals surface area contributed by atoms with Crippen molar-refractivity contribution >= 4 is 0 Å². The first-order chi connectivity index (χ1) is 18.3. The van der Waals surface area contributed by atoms with E-state index in [1.54, 1.807) is 13.2 Å². The van der Waals surface area contributed by atoms with Crippen LogP contribution in [0, 0.1) is 0 Å². The summed E-state index contributed by atoms with van der Waals surface area (Å²) in [5.74, 6) is 0. The maximum absolute atomic E-state index is 6.47. The van der Waals surface area contributed by atoms with Crippen molar-refractivity contribution in [2.75, 3.05) is 20.3 Å². The fourth-order valence-corrected chi connectivity index (χ4v) is 4.35. The van der Waals surface area contributed by atoms with Gasteiger partial charge in [0.15, 0.2) is 6.29 Å². The van der Waals surface area contributed by atoms with Gasteiger partial charge in [0.1, 0.15) is 24.4 Å². The lowest BCUT2D eigenvalue weighted by Gasteiger charge is -2.45. The fourth-order valence-electron chi connectivity index (χ4n) is 4.35. The molecule has 4 rings (SSSR count). The second-order valence-electron chi connectivity index (χ2n) is 8.89. The SMILES string of the molecule is C=CCO[C@H]1[C@@H](OCc2ccccc2)[C@@H](COCc2ccccc2)O[C@H](OC)[C@@H]1OCc1ccccc1. The number of methoxy groups -OCH3 is 1. The molecule has 0 unspecified atom stereocenters. The van der Waals surface area contributed by atoms with E-state index in [1.807, 2.05) is 91.0 Å². The summed E-state index contributed by atoms with van der Waals surface area (Å²) in [6.45, 7) is 5.75. The van der Waals surface area contributed by atoms with Crippen LogP contribution in [0.1, 0.15) is 16.7 Å². The van der Waals surface area contributed by atoms with Crippen molar-refractivity contribution in [2.24, 2.45) is 0 Å². The molecule has 37 heavy (non-hydrogen) atoms. The molecule has 0 radical (unpaired) electrons. The van der Waals surface area contributed by atoms with Crippen LogP contribution in [0.5, 0.6) is 0 Å². The third-order valence-electron chi connectivity index (χ3n) is 6.19. The third kappa shape index (κ3) is 8.07. The maximum Gasteiger partial charge on any atom is 0.186 e. The largest absolute Gasteiger partial charge is 0.374 e. The van der Waals surface area contributed by atoms with Crippen LogP contribution in [0.4, 0.5) is 0 Å². The van der Waals surface area contributed by atoms with Crippen LogP contribution in [0.25, 0.3) is 0 Å². The van der Waals surface area contributed by atoms with E-state index in [9.17, 15) is 0 Å². The van der Waals surface area contributed by atoms with Gasteiger partial charge in [0.2, 0.25) is 0 Å². The molecule has 0 bridgehead atoms. The standard InChI is InChI=1S/C31H36O6/c1-3-19-34-29-28(35-21-25-15-9-5-10-16-25)27(23-33-20-24-13-7-4-8-14-24)37-31(32-2)30(29)36-22-26-17-11-6-12-18-26/h3-18,27-31H,1,19-23H2,2H3/t27-,28+,29+,30-,31+/m1/s1. The fraction of sp³-hybridized carbons (Fsp3) is 0.355. The molecular weight excluding hydrogens is 468 g/mol. The zero-order valence-corrected chi connectivity index (χ0v) is 21.3. The van der Waals surface area contributed by atoms with Crippen LogP contribution < -0.4 is 0 Å². The smallest absolute Gasteiger partial charge is 0.186 e. The molecule has 0 saturated carbocycles. The molecule has 3 aromatic rings. The quantitative estimate of drug-likeness (QED) is 0.277. The molecule has 0 N–H and O–H groups in total. The van der Waals surface area contributed by atoms with Crippen molar-refractivity contribution in [1.29, 1.82) is 0 Å². The first-order valence-electron chi connectivity index (χ1n) is 12.6. The van der Waals surface area contributed by atoms with Gasteiger partial charge in [-0.25, -0.2) is 0 Å². The second kappa shape index (κ2) is 14.8. The van der Waals surface area contributed by atoms with Crippen LogP contribution in [-0.2, 0) is 48.2 Å². The summed E-state index contributed by atoms with van der Waals surface area (Å²) in [5, 5.41) is 0. The zero-order chi connectivity index (χ0) is 25.7. The number of rotatable bonds is 14. The minimum absolute atomic E-state index is 0.313. The van der Waals surface area contributed by atoms with Gasteiger partial charge in [0, 0.05) is 7.11 Å². The highest BCUT2D eigenvalue weighted by molar-refractivity contribution is 5.15. The van der Waals surface area contributed by atoms with Gasteiger partial charge in [-0.15, -0.1) is 6.58 Å². The van der Waals surface area contributed by atoms with Crippen LogP contribution in [0.15, 0.2) is 104 Å². The Hall–Kier alpha value is -2.84. The van der Waals surface area contributed by atoms with Crippen molar-refractivity contribution in [2.45, 2.75) is 50.5 Å². The average Bonchev–Trinajstić information content (AvgIpc) is 2.96. The van der Waals surface area contributed by atoms with E-state index in [1.165, 1.54) is 0 Å².